The maximum Gasteiger partial charge on any atom is 0.416 e. The molecule has 0 fully saturated rings. The van der Waals surface area contributed by atoms with E-state index in [0.29, 0.717) is 16.6 Å². The maximum atomic E-state index is 12.6. The molecule has 6 nitrogen and oxygen atoms in total. The van der Waals surface area contributed by atoms with Crippen molar-refractivity contribution in [2.45, 2.75) is 32.6 Å². The number of benzene rings is 1. The summed E-state index contributed by atoms with van der Waals surface area (Å²) in [6.07, 6.45) is -2.90. The fourth-order valence-electron chi connectivity index (χ4n) is 2.40. The van der Waals surface area contributed by atoms with Crippen molar-refractivity contribution in [2.75, 3.05) is 5.32 Å². The molecule has 1 aromatic carbocycles. The minimum absolute atomic E-state index is 0.0366. The number of H-pyrrole nitrogens is 1. The Morgan fingerprint density at radius 2 is 1.92 bits per heavy atom. The van der Waals surface area contributed by atoms with Crippen LogP contribution in [0.3, 0.4) is 0 Å². The molecular weight excluding hydrogens is 335 g/mol. The molecule has 0 aliphatic rings. The smallest absolute Gasteiger partial charge is 0.352 e. The average molecular weight is 351 g/mol. The standard InChI is InChI=1S/C16H16F3N5O/c1-9(2)24-13-12(8-21-24)14(25)23-15(22-13)20-7-10-3-5-11(6-4-10)16(17,18)19/h3-6,8-9H,7H2,1-2H3,(H2,20,22,23,25). The fraction of sp³-hybridized carbons (Fsp3) is 0.312. The minimum atomic E-state index is -4.36. The number of fused-ring (bicyclic) bond motifs is 1. The van der Waals surface area contributed by atoms with Crippen molar-refractivity contribution in [2.24, 2.45) is 0 Å². The van der Waals surface area contributed by atoms with Gasteiger partial charge in [-0.3, -0.25) is 9.78 Å². The molecule has 132 valence electrons. The number of hydrogen-bond acceptors (Lipinski definition) is 4. The second-order valence-corrected chi connectivity index (χ2v) is 5.88. The number of hydrogen-bond donors (Lipinski definition) is 2. The normalized spacial score (nSPS) is 12.1. The van der Waals surface area contributed by atoms with Gasteiger partial charge in [-0.25, -0.2) is 4.68 Å². The zero-order valence-corrected chi connectivity index (χ0v) is 13.6. The summed E-state index contributed by atoms with van der Waals surface area (Å²) in [7, 11) is 0. The summed E-state index contributed by atoms with van der Waals surface area (Å²) in [5.41, 5.74) is 0.0543. The van der Waals surface area contributed by atoms with E-state index in [1.54, 1.807) is 4.68 Å². The molecule has 2 N–H and O–H groups in total. The zero-order valence-electron chi connectivity index (χ0n) is 13.6. The molecule has 9 heteroatoms. The Labute approximate surface area is 140 Å². The molecule has 2 heterocycles. The molecular formula is C16H16F3N5O. The van der Waals surface area contributed by atoms with Gasteiger partial charge < -0.3 is 5.32 Å². The molecule has 2 aromatic heterocycles. The Morgan fingerprint density at radius 3 is 2.52 bits per heavy atom. The Morgan fingerprint density at radius 1 is 1.24 bits per heavy atom. The lowest BCUT2D eigenvalue weighted by molar-refractivity contribution is -0.137. The van der Waals surface area contributed by atoms with Crippen molar-refractivity contribution in [1.82, 2.24) is 19.7 Å². The summed E-state index contributed by atoms with van der Waals surface area (Å²) in [5, 5.41) is 7.45. The van der Waals surface area contributed by atoms with Gasteiger partial charge in [-0.2, -0.15) is 23.3 Å². The molecule has 25 heavy (non-hydrogen) atoms. The summed E-state index contributed by atoms with van der Waals surface area (Å²) in [6, 6.07) is 4.83. The number of halogens is 3. The summed E-state index contributed by atoms with van der Waals surface area (Å²) < 4.78 is 39.3. The van der Waals surface area contributed by atoms with Crippen LogP contribution in [-0.4, -0.2) is 19.7 Å². The molecule has 0 unspecified atom stereocenters. The maximum absolute atomic E-state index is 12.6. The van der Waals surface area contributed by atoms with Crippen LogP contribution in [0.1, 0.15) is 31.0 Å². The van der Waals surface area contributed by atoms with Crippen LogP contribution in [-0.2, 0) is 12.7 Å². The van der Waals surface area contributed by atoms with Crippen LogP contribution in [0.5, 0.6) is 0 Å². The SMILES string of the molecule is CC(C)n1ncc2c(=O)[nH]c(NCc3ccc(C(F)(F)F)cc3)nc21. The molecule has 0 radical (unpaired) electrons. The summed E-state index contributed by atoms with van der Waals surface area (Å²) in [4.78, 5) is 19.0. The first-order valence-electron chi connectivity index (χ1n) is 7.63. The molecule has 3 rings (SSSR count). The summed E-state index contributed by atoms with van der Waals surface area (Å²) in [6.45, 7) is 4.07. The highest BCUT2D eigenvalue weighted by Crippen LogP contribution is 2.29. The van der Waals surface area contributed by atoms with Gasteiger partial charge in [-0.15, -0.1) is 0 Å². The first-order valence-corrected chi connectivity index (χ1v) is 7.63. The Balaban J connectivity index is 1.81. The minimum Gasteiger partial charge on any atom is -0.352 e. The van der Waals surface area contributed by atoms with Gasteiger partial charge in [-0.05, 0) is 31.5 Å². The van der Waals surface area contributed by atoms with Crippen LogP contribution in [0, 0.1) is 0 Å². The molecule has 0 atom stereocenters. The Bertz CT molecular complexity index is 941. The van der Waals surface area contributed by atoms with Crippen LogP contribution in [0.4, 0.5) is 19.1 Å². The van der Waals surface area contributed by atoms with E-state index in [0.717, 1.165) is 12.1 Å². The van der Waals surface area contributed by atoms with Crippen molar-refractivity contribution in [3.05, 3.63) is 51.9 Å². The number of nitrogens with zero attached hydrogens (tertiary/aromatic N) is 3. The van der Waals surface area contributed by atoms with Gasteiger partial charge >= 0.3 is 6.18 Å². The lowest BCUT2D eigenvalue weighted by atomic mass is 10.1. The molecule has 0 amide bonds. The van der Waals surface area contributed by atoms with E-state index in [-0.39, 0.29) is 24.1 Å². The zero-order chi connectivity index (χ0) is 18.2. The second kappa shape index (κ2) is 6.23. The van der Waals surface area contributed by atoms with E-state index in [1.807, 2.05) is 13.8 Å². The Kier molecular flexibility index (Phi) is 4.23. The van der Waals surface area contributed by atoms with E-state index in [1.165, 1.54) is 18.3 Å². The monoisotopic (exact) mass is 351 g/mol. The van der Waals surface area contributed by atoms with Crippen molar-refractivity contribution in [1.29, 1.82) is 0 Å². The largest absolute Gasteiger partial charge is 0.416 e. The van der Waals surface area contributed by atoms with Gasteiger partial charge in [0.15, 0.2) is 5.65 Å². The highest BCUT2D eigenvalue weighted by Gasteiger charge is 2.29. The topological polar surface area (TPSA) is 75.6 Å². The third kappa shape index (κ3) is 3.49. The average Bonchev–Trinajstić information content (AvgIpc) is 2.97. The first-order chi connectivity index (χ1) is 11.8. The quantitative estimate of drug-likeness (QED) is 0.756. The predicted octanol–water partition coefficient (Wildman–Crippen LogP) is 3.33. The number of anilines is 1. The molecule has 0 aliphatic carbocycles. The van der Waals surface area contributed by atoms with Crippen LogP contribution < -0.4 is 10.9 Å². The van der Waals surface area contributed by atoms with Crippen LogP contribution in [0.2, 0.25) is 0 Å². The van der Waals surface area contributed by atoms with E-state index < -0.39 is 11.7 Å². The molecule has 0 bridgehead atoms. The van der Waals surface area contributed by atoms with Crippen LogP contribution in [0.25, 0.3) is 11.0 Å². The van der Waals surface area contributed by atoms with Crippen molar-refractivity contribution in [3.63, 3.8) is 0 Å². The fourth-order valence-corrected chi connectivity index (χ4v) is 2.40. The molecule has 0 spiro atoms. The van der Waals surface area contributed by atoms with E-state index in [2.05, 4.69) is 20.4 Å². The lowest BCUT2D eigenvalue weighted by Crippen LogP contribution is -2.14. The van der Waals surface area contributed by atoms with Gasteiger partial charge in [0.25, 0.3) is 5.56 Å². The van der Waals surface area contributed by atoms with Crippen LogP contribution in [0.15, 0.2) is 35.3 Å². The summed E-state index contributed by atoms with van der Waals surface area (Å²) in [5.74, 6) is 0.236. The highest BCUT2D eigenvalue weighted by molar-refractivity contribution is 5.74. The van der Waals surface area contributed by atoms with Crippen LogP contribution >= 0.6 is 0 Å². The highest BCUT2D eigenvalue weighted by atomic mass is 19.4. The van der Waals surface area contributed by atoms with Crippen molar-refractivity contribution >= 4 is 17.0 Å². The number of rotatable bonds is 4. The molecule has 0 saturated heterocycles. The summed E-state index contributed by atoms with van der Waals surface area (Å²) >= 11 is 0. The predicted molar refractivity (Wildman–Crippen MR) is 87.3 cm³/mol. The number of nitrogens with one attached hydrogen (secondary N) is 2. The molecule has 3 aromatic rings. The lowest BCUT2D eigenvalue weighted by Gasteiger charge is -2.10. The number of alkyl halides is 3. The number of aromatic nitrogens is 4. The van der Waals surface area contributed by atoms with Gasteiger partial charge in [0.1, 0.15) is 5.39 Å². The third-order valence-electron chi connectivity index (χ3n) is 3.69. The van der Waals surface area contributed by atoms with Gasteiger partial charge in [-0.1, -0.05) is 12.1 Å². The Hall–Kier alpha value is -2.84. The van der Waals surface area contributed by atoms with E-state index in [4.69, 9.17) is 0 Å². The number of aromatic amines is 1. The van der Waals surface area contributed by atoms with Crippen molar-refractivity contribution in [3.8, 4) is 0 Å². The van der Waals surface area contributed by atoms with Gasteiger partial charge in [0.2, 0.25) is 5.95 Å². The molecule has 0 saturated carbocycles. The third-order valence-corrected chi connectivity index (χ3v) is 3.69. The van der Waals surface area contributed by atoms with Gasteiger partial charge in [0.05, 0.1) is 11.8 Å². The molecule has 0 aliphatic heterocycles. The van der Waals surface area contributed by atoms with Gasteiger partial charge in [0, 0.05) is 12.6 Å². The first kappa shape index (κ1) is 17.0. The van der Waals surface area contributed by atoms with E-state index in [9.17, 15) is 18.0 Å². The van der Waals surface area contributed by atoms with Crippen molar-refractivity contribution < 1.29 is 13.2 Å². The van der Waals surface area contributed by atoms with E-state index >= 15 is 0 Å². The second-order valence-electron chi connectivity index (χ2n) is 5.88.